The van der Waals surface area contributed by atoms with Crippen LogP contribution >= 0.6 is 0 Å². The Morgan fingerprint density at radius 2 is 1.51 bits per heavy atom. The van der Waals surface area contributed by atoms with E-state index in [9.17, 15) is 13.2 Å². The van der Waals surface area contributed by atoms with Crippen molar-refractivity contribution < 1.29 is 17.7 Å². The summed E-state index contributed by atoms with van der Waals surface area (Å²) in [6, 6.07) is 12.3. The third kappa shape index (κ3) is 2.80. The molecule has 2 nitrogen and oxygen atoms in total. The van der Waals surface area contributed by atoms with Crippen molar-refractivity contribution in [3.05, 3.63) is 64.8 Å². The molecule has 0 amide bonds. The van der Waals surface area contributed by atoms with E-state index >= 15 is 0 Å². The first-order valence-corrected chi connectivity index (χ1v) is 15.4. The predicted octanol–water partition coefficient (Wildman–Crippen LogP) is 7.30. The van der Waals surface area contributed by atoms with Crippen molar-refractivity contribution in [3.8, 4) is 0 Å². The smallest absolute Gasteiger partial charge is 0.307 e. The summed E-state index contributed by atoms with van der Waals surface area (Å²) in [6.45, 7) is 12.9. The second-order valence-corrected chi connectivity index (χ2v) is 16.1. The molecule has 6 rings (SSSR count). The number of aromatic nitrogens is 2. The second kappa shape index (κ2) is 6.75. The molecule has 6 heteroatoms. The summed E-state index contributed by atoms with van der Waals surface area (Å²) in [6.07, 6.45) is -3.16. The lowest BCUT2D eigenvalue weighted by molar-refractivity contribution is -0.644. The van der Waals surface area contributed by atoms with Crippen LogP contribution in [0.3, 0.4) is 0 Å². The Bertz CT molecular complexity index is 1850. The van der Waals surface area contributed by atoms with Crippen LogP contribution in [-0.4, -0.2) is 12.5 Å². The van der Waals surface area contributed by atoms with Gasteiger partial charge in [0.05, 0.1) is 35.4 Å². The van der Waals surface area contributed by atoms with Gasteiger partial charge in [0.2, 0.25) is 5.52 Å². The van der Waals surface area contributed by atoms with Gasteiger partial charge in [-0.1, -0.05) is 50.0 Å². The fourth-order valence-electron chi connectivity index (χ4n) is 6.12. The molecule has 3 aromatic heterocycles. The molecule has 0 bridgehead atoms. The largest absolute Gasteiger partial charge is 0.422 e. The summed E-state index contributed by atoms with van der Waals surface area (Å²) in [5.41, 5.74) is 6.72. The van der Waals surface area contributed by atoms with Gasteiger partial charge >= 0.3 is 6.18 Å². The van der Waals surface area contributed by atoms with Crippen LogP contribution in [0.5, 0.6) is 0 Å². The van der Waals surface area contributed by atoms with Gasteiger partial charge in [0, 0.05) is 16.2 Å². The third-order valence-electron chi connectivity index (χ3n) is 7.72. The average Bonchev–Trinajstić information content (AvgIpc) is 3.10. The standard InChI is InChI=1S/C29H28F3N2Si/c1-15-12-16(2)26-23(17(15)3)27-25-19(20(14-33(27)4)29(30,31)32)13-22(35(5,6)7)24-18-10-8-9-11-21(18)34(26)28(24)25/h8-14H,1-7H3/q+1. The van der Waals surface area contributed by atoms with Gasteiger partial charge in [-0.05, 0) is 48.7 Å². The summed E-state index contributed by atoms with van der Waals surface area (Å²) in [4.78, 5) is 0. The van der Waals surface area contributed by atoms with E-state index < -0.39 is 19.8 Å². The fourth-order valence-corrected chi connectivity index (χ4v) is 7.70. The molecule has 3 heterocycles. The van der Waals surface area contributed by atoms with Crippen LogP contribution in [0.1, 0.15) is 22.3 Å². The van der Waals surface area contributed by atoms with Crippen molar-refractivity contribution in [1.29, 1.82) is 0 Å². The Labute approximate surface area is 202 Å². The van der Waals surface area contributed by atoms with Crippen LogP contribution in [0.2, 0.25) is 19.6 Å². The maximum absolute atomic E-state index is 14.5. The number of hydrogen-bond donors (Lipinski definition) is 0. The molecule has 0 spiro atoms. The Balaban J connectivity index is 2.14. The van der Waals surface area contributed by atoms with Crippen LogP contribution in [0.15, 0.2) is 42.6 Å². The molecule has 0 aliphatic carbocycles. The monoisotopic (exact) mass is 489 g/mol. The van der Waals surface area contributed by atoms with E-state index in [2.05, 4.69) is 63.0 Å². The van der Waals surface area contributed by atoms with Gasteiger partial charge in [0.15, 0.2) is 6.20 Å². The maximum atomic E-state index is 14.5. The van der Waals surface area contributed by atoms with Crippen LogP contribution < -0.4 is 9.75 Å². The molecule has 0 saturated heterocycles. The highest BCUT2D eigenvalue weighted by atomic mass is 28.3. The molecule has 0 fully saturated rings. The normalized spacial score (nSPS) is 13.4. The van der Waals surface area contributed by atoms with E-state index in [1.54, 1.807) is 11.6 Å². The Hall–Kier alpha value is -3.12. The van der Waals surface area contributed by atoms with E-state index in [1.807, 2.05) is 18.2 Å². The number of rotatable bonds is 1. The minimum Gasteiger partial charge on any atom is -0.307 e. The minimum absolute atomic E-state index is 0.309. The molecule has 0 N–H and O–H groups in total. The van der Waals surface area contributed by atoms with E-state index in [4.69, 9.17) is 0 Å². The van der Waals surface area contributed by atoms with Gasteiger partial charge < -0.3 is 4.40 Å². The molecule has 0 atom stereocenters. The summed E-state index contributed by atoms with van der Waals surface area (Å²) in [5.74, 6) is 0. The summed E-state index contributed by atoms with van der Waals surface area (Å²) >= 11 is 0. The van der Waals surface area contributed by atoms with Crippen LogP contribution in [0.4, 0.5) is 13.2 Å². The highest BCUT2D eigenvalue weighted by Crippen LogP contribution is 2.45. The second-order valence-electron chi connectivity index (χ2n) is 11.0. The molecule has 178 valence electrons. The van der Waals surface area contributed by atoms with Crippen molar-refractivity contribution >= 4 is 62.3 Å². The number of halogens is 3. The van der Waals surface area contributed by atoms with E-state index in [0.717, 1.165) is 60.1 Å². The molecule has 0 unspecified atom stereocenters. The van der Waals surface area contributed by atoms with Crippen molar-refractivity contribution in [2.24, 2.45) is 7.05 Å². The molecular formula is C29H28F3N2Si+. The van der Waals surface area contributed by atoms with E-state index in [0.29, 0.717) is 10.8 Å². The van der Waals surface area contributed by atoms with Gasteiger partial charge in [0.1, 0.15) is 12.6 Å². The van der Waals surface area contributed by atoms with Crippen molar-refractivity contribution in [1.82, 2.24) is 4.40 Å². The molecule has 3 aromatic carbocycles. The number of aryl methyl sites for hydroxylation is 4. The van der Waals surface area contributed by atoms with Crippen LogP contribution in [-0.2, 0) is 13.2 Å². The zero-order valence-corrected chi connectivity index (χ0v) is 22.1. The van der Waals surface area contributed by atoms with E-state index in [1.165, 1.54) is 6.20 Å². The molecule has 35 heavy (non-hydrogen) atoms. The summed E-state index contributed by atoms with van der Waals surface area (Å²) < 4.78 is 47.4. The van der Waals surface area contributed by atoms with Gasteiger partial charge in [-0.2, -0.15) is 17.7 Å². The van der Waals surface area contributed by atoms with E-state index in [-0.39, 0.29) is 0 Å². The number of benzene rings is 3. The zero-order chi connectivity index (χ0) is 25.2. The van der Waals surface area contributed by atoms with Gasteiger partial charge in [-0.3, -0.25) is 0 Å². The number of fused-ring (bicyclic) bond motifs is 6. The maximum Gasteiger partial charge on any atom is 0.422 e. The first-order chi connectivity index (χ1) is 16.3. The van der Waals surface area contributed by atoms with Crippen molar-refractivity contribution in [2.45, 2.75) is 46.6 Å². The molecule has 6 aromatic rings. The third-order valence-corrected chi connectivity index (χ3v) is 9.74. The lowest BCUT2D eigenvalue weighted by Crippen LogP contribution is -2.39. The Morgan fingerprint density at radius 3 is 2.17 bits per heavy atom. The molecule has 0 saturated carbocycles. The topological polar surface area (TPSA) is 8.29 Å². The van der Waals surface area contributed by atoms with Gasteiger partial charge in [-0.25, -0.2) is 0 Å². The van der Waals surface area contributed by atoms with Gasteiger partial charge in [-0.15, -0.1) is 0 Å². The summed E-state index contributed by atoms with van der Waals surface area (Å²) in [7, 11) is -0.269. The fraction of sp³-hybridized carbons (Fsp3) is 0.276. The molecule has 0 aliphatic heterocycles. The lowest BCUT2D eigenvalue weighted by atomic mass is 9.94. The van der Waals surface area contributed by atoms with Crippen molar-refractivity contribution in [3.63, 3.8) is 0 Å². The minimum atomic E-state index is -4.45. The van der Waals surface area contributed by atoms with Gasteiger partial charge in [0.25, 0.3) is 0 Å². The highest BCUT2D eigenvalue weighted by molar-refractivity contribution is 6.91. The number of alkyl halides is 3. The first-order valence-electron chi connectivity index (χ1n) is 11.9. The molecule has 0 aliphatic rings. The highest BCUT2D eigenvalue weighted by Gasteiger charge is 2.39. The van der Waals surface area contributed by atoms with Crippen LogP contribution in [0.25, 0.3) is 49.0 Å². The quantitative estimate of drug-likeness (QED) is 0.0991. The van der Waals surface area contributed by atoms with Crippen LogP contribution in [0, 0.1) is 20.8 Å². The lowest BCUT2D eigenvalue weighted by Gasteiger charge is -2.23. The zero-order valence-electron chi connectivity index (χ0n) is 21.1. The average molecular weight is 490 g/mol. The molecular weight excluding hydrogens is 461 g/mol. The molecule has 0 radical (unpaired) electrons. The number of pyridine rings is 2. The summed E-state index contributed by atoms with van der Waals surface area (Å²) in [5, 5.41) is 5.33. The Morgan fingerprint density at radius 1 is 0.829 bits per heavy atom. The Kier molecular flexibility index (Phi) is 4.31. The SMILES string of the molecule is Cc1cc(C)c2c(c1C)c1c3c(cc([Si](C)(C)C)c4c5ccccc5n2c43)c(C(F)(F)F)c[n+]1C. The number of para-hydroxylation sites is 1. The predicted molar refractivity (Wildman–Crippen MR) is 142 cm³/mol. The van der Waals surface area contributed by atoms with Crippen molar-refractivity contribution in [2.75, 3.05) is 0 Å². The number of hydrogen-bond acceptors (Lipinski definition) is 0. The number of nitrogens with zero attached hydrogens (tertiary/aromatic N) is 2. The first kappa shape index (κ1) is 22.3.